The van der Waals surface area contributed by atoms with E-state index < -0.39 is 6.86 Å². The minimum absolute atomic E-state index is 0.212. The van der Waals surface area contributed by atoms with E-state index in [0.29, 0.717) is 5.05 Å². The lowest BCUT2D eigenvalue weighted by Gasteiger charge is -2.57. The third kappa shape index (κ3) is 2.26. The summed E-state index contributed by atoms with van der Waals surface area (Å²) in [5.41, 5.74) is 2.17. The molecule has 132 valence electrons. The molecular formula is C21H29FOS. The first kappa shape index (κ1) is 16.8. The van der Waals surface area contributed by atoms with Gasteiger partial charge in [-0.2, -0.15) is 0 Å². The predicted molar refractivity (Wildman–Crippen MR) is 99.4 cm³/mol. The molecule has 1 nitrogen and oxygen atoms in total. The van der Waals surface area contributed by atoms with Gasteiger partial charge in [0, 0.05) is 11.3 Å². The van der Waals surface area contributed by atoms with Crippen LogP contribution in [0.1, 0.15) is 58.8 Å². The van der Waals surface area contributed by atoms with Gasteiger partial charge in [-0.15, -0.1) is 0 Å². The molecule has 0 amide bonds. The summed E-state index contributed by atoms with van der Waals surface area (Å²) in [5, 5.41) is 0.529. The number of hydrogen-bond donors (Lipinski definition) is 0. The van der Waals surface area contributed by atoms with Crippen LogP contribution in [0.4, 0.5) is 4.39 Å². The third-order valence-corrected chi connectivity index (χ3v) is 8.49. The zero-order chi connectivity index (χ0) is 16.9. The second kappa shape index (κ2) is 5.93. The maximum atomic E-state index is 12.6. The Balaban J connectivity index is 1.62. The maximum Gasteiger partial charge on any atom is 0.229 e. The molecule has 3 fully saturated rings. The van der Waals surface area contributed by atoms with Crippen LogP contribution in [0, 0.1) is 34.5 Å². The van der Waals surface area contributed by atoms with Crippen LogP contribution in [0.25, 0.3) is 0 Å². The number of allylic oxidation sites excluding steroid dienone is 4. The lowest BCUT2D eigenvalue weighted by atomic mass is 9.48. The molecule has 0 aromatic heterocycles. The zero-order valence-electron chi connectivity index (χ0n) is 14.9. The lowest BCUT2D eigenvalue weighted by molar-refractivity contribution is -0.0268. The Hall–Kier alpha value is -0.700. The monoisotopic (exact) mass is 348 g/mol. The molecule has 0 spiro atoms. The summed E-state index contributed by atoms with van der Waals surface area (Å²) in [6, 6.07) is 0. The average Bonchev–Trinajstić information content (AvgIpc) is 2.92. The van der Waals surface area contributed by atoms with Gasteiger partial charge in [-0.3, -0.25) is 0 Å². The van der Waals surface area contributed by atoms with Gasteiger partial charge in [0.2, 0.25) is 6.86 Å². The summed E-state index contributed by atoms with van der Waals surface area (Å²) >= 11 is 5.43. The van der Waals surface area contributed by atoms with Crippen molar-refractivity contribution >= 4 is 17.3 Å². The van der Waals surface area contributed by atoms with Crippen molar-refractivity contribution in [2.45, 2.75) is 58.8 Å². The number of thiocarbonyl (C=S) groups is 1. The van der Waals surface area contributed by atoms with E-state index in [0.717, 1.165) is 30.6 Å². The summed E-state index contributed by atoms with van der Waals surface area (Å²) in [5.74, 6) is 2.53. The van der Waals surface area contributed by atoms with Gasteiger partial charge in [-0.05, 0) is 80.3 Å². The molecule has 0 unspecified atom stereocenters. The molecule has 0 saturated heterocycles. The molecular weight excluding hydrogens is 319 g/mol. The van der Waals surface area contributed by atoms with Crippen molar-refractivity contribution in [1.82, 2.24) is 0 Å². The predicted octanol–water partition coefficient (Wildman–Crippen LogP) is 6.00. The molecule has 3 heteroatoms. The Labute approximate surface area is 150 Å². The molecule has 4 rings (SSSR count). The van der Waals surface area contributed by atoms with Crippen molar-refractivity contribution in [3.8, 4) is 0 Å². The Kier molecular flexibility index (Phi) is 4.14. The third-order valence-electron chi connectivity index (χ3n) is 8.09. The summed E-state index contributed by atoms with van der Waals surface area (Å²) in [6.07, 6.45) is 15.8. The highest BCUT2D eigenvalue weighted by atomic mass is 32.1. The van der Waals surface area contributed by atoms with E-state index in [1.165, 1.54) is 32.1 Å². The minimum atomic E-state index is -0.779. The topological polar surface area (TPSA) is 9.23 Å². The standard InChI is InChI=1S/C21H29FOS/c1-20-11-4-3-5-14(20)6-7-15-16-8-9-18(19(24)23-13-22)21(16,2)12-10-17(15)20/h4-5,11,15-18H,3,6-10,12-13H2,1-2H3/t15-,16-,17-,18+,20-,21-/m0/s1. The van der Waals surface area contributed by atoms with E-state index in [9.17, 15) is 4.39 Å². The Morgan fingerprint density at radius 3 is 2.88 bits per heavy atom. The van der Waals surface area contributed by atoms with Gasteiger partial charge in [0.25, 0.3) is 0 Å². The van der Waals surface area contributed by atoms with Crippen LogP contribution in [-0.4, -0.2) is 11.9 Å². The summed E-state index contributed by atoms with van der Waals surface area (Å²) in [7, 11) is 0. The molecule has 0 aromatic rings. The fourth-order valence-corrected chi connectivity index (χ4v) is 7.31. The van der Waals surface area contributed by atoms with Crippen LogP contribution in [-0.2, 0) is 4.74 Å². The van der Waals surface area contributed by atoms with Gasteiger partial charge < -0.3 is 4.74 Å². The molecule has 3 saturated carbocycles. The minimum Gasteiger partial charge on any atom is -0.456 e. The van der Waals surface area contributed by atoms with Crippen molar-refractivity contribution in [3.63, 3.8) is 0 Å². The number of rotatable bonds is 2. The molecule has 0 radical (unpaired) electrons. The number of fused-ring (bicyclic) bond motifs is 5. The summed E-state index contributed by atoms with van der Waals surface area (Å²) in [6.45, 7) is 4.10. The zero-order valence-corrected chi connectivity index (χ0v) is 15.7. The van der Waals surface area contributed by atoms with E-state index in [-0.39, 0.29) is 16.7 Å². The Bertz CT molecular complexity index is 597. The second-order valence-electron chi connectivity index (χ2n) is 8.81. The SMILES string of the molecule is C[C@]12CC[C@H]3[C@@H](CCC4=CCC=C[C@@]43C)[C@@H]1CC[C@@H]2C(=S)OCF. The molecule has 0 aromatic carbocycles. The van der Waals surface area contributed by atoms with Crippen molar-refractivity contribution in [2.75, 3.05) is 6.86 Å². The number of halogens is 1. The normalized spacial score (nSPS) is 46.5. The van der Waals surface area contributed by atoms with Gasteiger partial charge in [-0.25, -0.2) is 4.39 Å². The van der Waals surface area contributed by atoms with Crippen molar-refractivity contribution in [2.24, 2.45) is 34.5 Å². The lowest BCUT2D eigenvalue weighted by Crippen LogP contribution is -2.50. The fraction of sp³-hybridized carbons (Fsp3) is 0.762. The highest BCUT2D eigenvalue weighted by Gasteiger charge is 2.59. The fourth-order valence-electron chi connectivity index (χ4n) is 6.88. The molecule has 0 bridgehead atoms. The van der Waals surface area contributed by atoms with Gasteiger partial charge in [0.1, 0.15) is 0 Å². The van der Waals surface area contributed by atoms with Crippen LogP contribution in [0.5, 0.6) is 0 Å². The van der Waals surface area contributed by atoms with Crippen LogP contribution < -0.4 is 0 Å². The smallest absolute Gasteiger partial charge is 0.229 e. The van der Waals surface area contributed by atoms with Gasteiger partial charge >= 0.3 is 0 Å². The molecule has 4 aliphatic rings. The number of hydrogen-bond acceptors (Lipinski definition) is 2. The first-order valence-corrected chi connectivity index (χ1v) is 10.0. The average molecular weight is 349 g/mol. The van der Waals surface area contributed by atoms with E-state index in [1.54, 1.807) is 5.57 Å². The number of alkyl halides is 1. The van der Waals surface area contributed by atoms with Gasteiger partial charge in [-0.1, -0.05) is 37.6 Å². The quantitative estimate of drug-likeness (QED) is 0.447. The summed E-state index contributed by atoms with van der Waals surface area (Å²) < 4.78 is 17.8. The van der Waals surface area contributed by atoms with Crippen LogP contribution in [0.3, 0.4) is 0 Å². The molecule has 4 aliphatic carbocycles. The van der Waals surface area contributed by atoms with Gasteiger partial charge in [0.05, 0.1) is 0 Å². The van der Waals surface area contributed by atoms with Crippen LogP contribution >= 0.6 is 12.2 Å². The van der Waals surface area contributed by atoms with E-state index in [4.69, 9.17) is 17.0 Å². The van der Waals surface area contributed by atoms with Crippen molar-refractivity contribution < 1.29 is 9.13 Å². The van der Waals surface area contributed by atoms with E-state index in [1.807, 2.05) is 0 Å². The molecule has 0 aliphatic heterocycles. The molecule has 0 heterocycles. The molecule has 0 N–H and O–H groups in total. The van der Waals surface area contributed by atoms with Gasteiger partial charge in [0.15, 0.2) is 5.05 Å². The Morgan fingerprint density at radius 2 is 2.08 bits per heavy atom. The number of ether oxygens (including phenoxy) is 1. The first-order chi connectivity index (χ1) is 11.5. The van der Waals surface area contributed by atoms with Crippen LogP contribution in [0.2, 0.25) is 0 Å². The largest absolute Gasteiger partial charge is 0.456 e. The molecule has 6 atom stereocenters. The first-order valence-electron chi connectivity index (χ1n) is 9.60. The highest BCUT2D eigenvalue weighted by molar-refractivity contribution is 7.80. The summed E-state index contributed by atoms with van der Waals surface area (Å²) in [4.78, 5) is 0. The highest BCUT2D eigenvalue weighted by Crippen LogP contribution is 2.66. The maximum absolute atomic E-state index is 12.6. The van der Waals surface area contributed by atoms with Crippen molar-refractivity contribution in [3.05, 3.63) is 23.8 Å². The van der Waals surface area contributed by atoms with Crippen LogP contribution in [0.15, 0.2) is 23.8 Å². The van der Waals surface area contributed by atoms with Crippen molar-refractivity contribution in [1.29, 1.82) is 0 Å². The second-order valence-corrected chi connectivity index (χ2v) is 9.21. The Morgan fingerprint density at radius 1 is 1.25 bits per heavy atom. The molecule has 24 heavy (non-hydrogen) atoms. The van der Waals surface area contributed by atoms with E-state index in [2.05, 4.69) is 32.1 Å². The van der Waals surface area contributed by atoms with E-state index >= 15 is 0 Å².